The molecule has 2 aliphatic carbocycles. The fourth-order valence-electron chi connectivity index (χ4n) is 3.76. The number of hydrogen-bond acceptors (Lipinski definition) is 3. The largest absolute Gasteiger partial charge is 0.432 e. The summed E-state index contributed by atoms with van der Waals surface area (Å²) in [6.45, 7) is 6.05. The monoisotopic (exact) mass is 222 g/mol. The minimum absolute atomic E-state index is 0.301. The first-order valence-electron chi connectivity index (χ1n) is 6.15. The predicted molar refractivity (Wildman–Crippen MR) is 58.5 cm³/mol. The lowest BCUT2D eigenvalue weighted by Crippen LogP contribution is -2.30. The van der Waals surface area contributed by atoms with Crippen LogP contribution in [0.3, 0.4) is 0 Å². The number of ether oxygens (including phenoxy) is 2. The Bertz CT molecular complexity index is 336. The van der Waals surface area contributed by atoms with Crippen LogP contribution in [0.4, 0.5) is 0 Å². The minimum Gasteiger partial charge on any atom is -0.432 e. The smallest absolute Gasteiger partial charge is 0.335 e. The second-order valence-electron chi connectivity index (χ2n) is 5.46. The van der Waals surface area contributed by atoms with Gasteiger partial charge in [-0.05, 0) is 43.9 Å². The highest BCUT2D eigenvalue weighted by Gasteiger charge is 2.55. The van der Waals surface area contributed by atoms with Gasteiger partial charge in [-0.1, -0.05) is 6.58 Å². The molecule has 88 valence electrons. The molecule has 16 heavy (non-hydrogen) atoms. The molecule has 0 aromatic carbocycles. The van der Waals surface area contributed by atoms with Crippen LogP contribution in [-0.2, 0) is 14.3 Å². The highest BCUT2D eigenvalue weighted by Crippen LogP contribution is 2.56. The van der Waals surface area contributed by atoms with Crippen LogP contribution in [-0.4, -0.2) is 18.9 Å². The fourth-order valence-corrected chi connectivity index (χ4v) is 3.76. The summed E-state index contributed by atoms with van der Waals surface area (Å²) in [6.07, 6.45) is 3.65. The van der Waals surface area contributed by atoms with E-state index in [-0.39, 0.29) is 12.3 Å². The van der Waals surface area contributed by atoms with Crippen LogP contribution in [0.2, 0.25) is 0 Å². The number of esters is 1. The molecule has 2 saturated carbocycles. The summed E-state index contributed by atoms with van der Waals surface area (Å²) in [5.41, 5.74) is 0.454. The first-order valence-corrected chi connectivity index (χ1v) is 6.15. The van der Waals surface area contributed by atoms with Crippen molar-refractivity contribution >= 4 is 5.97 Å². The average molecular weight is 222 g/mol. The molecule has 0 N–H and O–H groups in total. The maximum atomic E-state index is 11.5. The molecular formula is C13H18O3. The van der Waals surface area contributed by atoms with Gasteiger partial charge in [0.05, 0.1) is 6.61 Å². The summed E-state index contributed by atoms with van der Waals surface area (Å²) in [6, 6.07) is 0. The molecule has 1 saturated heterocycles. The Labute approximate surface area is 95.8 Å². The molecule has 1 aliphatic heterocycles. The maximum Gasteiger partial charge on any atom is 0.335 e. The SMILES string of the molecule is C=C(C)C(=O)OC1OCC2C3CC[C@@H](C3)C12. The van der Waals surface area contributed by atoms with E-state index in [1.807, 2.05) is 0 Å². The summed E-state index contributed by atoms with van der Waals surface area (Å²) in [5, 5.41) is 0. The summed E-state index contributed by atoms with van der Waals surface area (Å²) in [7, 11) is 0. The van der Waals surface area contributed by atoms with Gasteiger partial charge in [0.25, 0.3) is 0 Å². The molecule has 2 bridgehead atoms. The van der Waals surface area contributed by atoms with Crippen LogP contribution < -0.4 is 0 Å². The third kappa shape index (κ3) is 1.41. The van der Waals surface area contributed by atoms with Crippen molar-refractivity contribution in [3.8, 4) is 0 Å². The first kappa shape index (κ1) is 10.3. The predicted octanol–water partition coefficient (Wildman–Crippen LogP) is 2.12. The van der Waals surface area contributed by atoms with Gasteiger partial charge in [0.2, 0.25) is 6.29 Å². The Kier molecular flexibility index (Phi) is 2.32. The zero-order chi connectivity index (χ0) is 11.3. The van der Waals surface area contributed by atoms with Crippen molar-refractivity contribution < 1.29 is 14.3 Å². The minimum atomic E-state index is -0.312. The van der Waals surface area contributed by atoms with Gasteiger partial charge in [-0.3, -0.25) is 0 Å². The number of carbonyl (C=O) groups is 1. The molecular weight excluding hydrogens is 204 g/mol. The maximum absolute atomic E-state index is 11.5. The molecule has 3 heteroatoms. The molecule has 0 spiro atoms. The molecule has 3 fully saturated rings. The molecule has 3 nitrogen and oxygen atoms in total. The Morgan fingerprint density at radius 2 is 2.12 bits per heavy atom. The van der Waals surface area contributed by atoms with Gasteiger partial charge in [0.15, 0.2) is 0 Å². The Hall–Kier alpha value is -0.830. The van der Waals surface area contributed by atoms with Crippen LogP contribution in [0, 0.1) is 23.7 Å². The molecule has 3 rings (SSSR count). The molecule has 0 amide bonds. The lowest BCUT2D eigenvalue weighted by molar-refractivity contribution is -0.173. The van der Waals surface area contributed by atoms with Gasteiger partial charge in [-0.15, -0.1) is 0 Å². The van der Waals surface area contributed by atoms with Gasteiger partial charge < -0.3 is 9.47 Å². The Morgan fingerprint density at radius 1 is 1.38 bits per heavy atom. The van der Waals surface area contributed by atoms with Gasteiger partial charge in [-0.25, -0.2) is 4.79 Å². The van der Waals surface area contributed by atoms with Crippen LogP contribution in [0.5, 0.6) is 0 Å². The van der Waals surface area contributed by atoms with Crippen molar-refractivity contribution in [2.75, 3.05) is 6.61 Å². The van der Waals surface area contributed by atoms with E-state index in [1.165, 1.54) is 19.3 Å². The van der Waals surface area contributed by atoms with Crippen molar-refractivity contribution in [3.63, 3.8) is 0 Å². The van der Waals surface area contributed by atoms with Crippen LogP contribution in [0.25, 0.3) is 0 Å². The van der Waals surface area contributed by atoms with Crippen molar-refractivity contribution in [1.29, 1.82) is 0 Å². The second kappa shape index (κ2) is 3.59. The fraction of sp³-hybridized carbons (Fsp3) is 0.769. The molecule has 0 aromatic rings. The summed E-state index contributed by atoms with van der Waals surface area (Å²) < 4.78 is 11.0. The molecule has 3 aliphatic rings. The van der Waals surface area contributed by atoms with Gasteiger partial charge in [0, 0.05) is 11.5 Å². The molecule has 0 radical (unpaired) electrons. The van der Waals surface area contributed by atoms with E-state index in [1.54, 1.807) is 6.92 Å². The van der Waals surface area contributed by atoms with E-state index in [2.05, 4.69) is 6.58 Å². The van der Waals surface area contributed by atoms with E-state index in [4.69, 9.17) is 9.47 Å². The zero-order valence-electron chi connectivity index (χ0n) is 9.65. The lowest BCUT2D eigenvalue weighted by atomic mass is 9.81. The van der Waals surface area contributed by atoms with Gasteiger partial charge >= 0.3 is 5.97 Å². The summed E-state index contributed by atoms with van der Waals surface area (Å²) in [5.74, 6) is 2.33. The van der Waals surface area contributed by atoms with E-state index in [0.29, 0.717) is 17.4 Å². The number of hydrogen-bond donors (Lipinski definition) is 0. The van der Waals surface area contributed by atoms with Crippen molar-refractivity contribution in [1.82, 2.24) is 0 Å². The number of fused-ring (bicyclic) bond motifs is 5. The third-order valence-electron chi connectivity index (χ3n) is 4.50. The molecule has 0 aromatic heterocycles. The zero-order valence-corrected chi connectivity index (χ0v) is 9.65. The molecule has 5 atom stereocenters. The van der Waals surface area contributed by atoms with E-state index in [9.17, 15) is 4.79 Å². The van der Waals surface area contributed by atoms with E-state index >= 15 is 0 Å². The highest BCUT2D eigenvalue weighted by atomic mass is 16.7. The van der Waals surface area contributed by atoms with E-state index in [0.717, 1.165) is 18.4 Å². The normalized spacial score (nSPS) is 44.4. The average Bonchev–Trinajstić information content (AvgIpc) is 2.88. The van der Waals surface area contributed by atoms with Crippen molar-refractivity contribution in [3.05, 3.63) is 12.2 Å². The summed E-state index contributed by atoms with van der Waals surface area (Å²) in [4.78, 5) is 11.5. The highest BCUT2D eigenvalue weighted by molar-refractivity contribution is 5.87. The van der Waals surface area contributed by atoms with Crippen LogP contribution >= 0.6 is 0 Å². The second-order valence-corrected chi connectivity index (χ2v) is 5.46. The van der Waals surface area contributed by atoms with Crippen LogP contribution in [0.1, 0.15) is 26.2 Å². The topological polar surface area (TPSA) is 35.5 Å². The third-order valence-corrected chi connectivity index (χ3v) is 4.50. The van der Waals surface area contributed by atoms with Crippen LogP contribution in [0.15, 0.2) is 12.2 Å². The lowest BCUT2D eigenvalue weighted by Gasteiger charge is -2.26. The first-order chi connectivity index (χ1) is 7.66. The Balaban J connectivity index is 1.70. The van der Waals surface area contributed by atoms with Crippen molar-refractivity contribution in [2.45, 2.75) is 32.5 Å². The Morgan fingerprint density at radius 3 is 2.88 bits per heavy atom. The van der Waals surface area contributed by atoms with E-state index < -0.39 is 0 Å². The van der Waals surface area contributed by atoms with Gasteiger partial charge in [-0.2, -0.15) is 0 Å². The number of carbonyl (C=O) groups excluding carboxylic acids is 1. The van der Waals surface area contributed by atoms with Crippen molar-refractivity contribution in [2.24, 2.45) is 23.7 Å². The summed E-state index contributed by atoms with van der Waals surface area (Å²) >= 11 is 0. The molecule has 4 unspecified atom stereocenters. The standard InChI is InChI=1S/C13H18O3/c1-7(2)12(14)16-13-11-9-4-3-8(5-9)10(11)6-15-13/h8-11,13H,1,3-6H2,2H3/t8?,9-,10?,11?,13?/m0/s1. The number of rotatable bonds is 2. The quantitative estimate of drug-likeness (QED) is 0.530. The van der Waals surface area contributed by atoms with Gasteiger partial charge in [0.1, 0.15) is 0 Å². The molecule has 1 heterocycles.